The van der Waals surface area contributed by atoms with Crippen molar-refractivity contribution >= 4 is 5.91 Å². The predicted molar refractivity (Wildman–Crippen MR) is 77.7 cm³/mol. The maximum atomic E-state index is 12.2. The van der Waals surface area contributed by atoms with E-state index in [-0.39, 0.29) is 17.9 Å². The van der Waals surface area contributed by atoms with Gasteiger partial charge < -0.3 is 10.6 Å². The molecule has 1 amide bonds. The number of nitrogens with two attached hydrogens (primary N) is 1. The molecule has 3 heteroatoms. The molecular formula is C16H24N2O. The van der Waals surface area contributed by atoms with Gasteiger partial charge in [-0.2, -0.15) is 0 Å². The van der Waals surface area contributed by atoms with Crippen LogP contribution in [0.5, 0.6) is 0 Å². The number of aryl methyl sites for hydroxylation is 1. The van der Waals surface area contributed by atoms with Crippen molar-refractivity contribution in [1.82, 2.24) is 4.90 Å². The molecule has 3 nitrogen and oxygen atoms in total. The highest BCUT2D eigenvalue weighted by Crippen LogP contribution is 2.25. The van der Waals surface area contributed by atoms with E-state index in [0.717, 1.165) is 38.6 Å². The molecule has 1 aliphatic rings. The predicted octanol–water partition coefficient (Wildman–Crippen LogP) is 2.21. The molecule has 1 aromatic rings. The number of carbonyl (C=O) groups is 1. The number of rotatable bonds is 5. The minimum atomic E-state index is 0.164. The van der Waals surface area contributed by atoms with Gasteiger partial charge in [-0.25, -0.2) is 0 Å². The Morgan fingerprint density at radius 3 is 2.68 bits per heavy atom. The number of hydrogen-bond donors (Lipinski definition) is 1. The molecule has 104 valence electrons. The van der Waals surface area contributed by atoms with E-state index >= 15 is 0 Å². The fourth-order valence-electron chi connectivity index (χ4n) is 2.83. The first kappa shape index (κ1) is 14.1. The highest BCUT2D eigenvalue weighted by Gasteiger charge is 2.29. The van der Waals surface area contributed by atoms with Gasteiger partial charge in [0.05, 0.1) is 0 Å². The van der Waals surface area contributed by atoms with E-state index in [1.165, 1.54) is 5.56 Å². The minimum absolute atomic E-state index is 0.164. The molecule has 0 radical (unpaired) electrons. The van der Waals surface area contributed by atoms with Crippen molar-refractivity contribution < 1.29 is 4.79 Å². The smallest absolute Gasteiger partial charge is 0.225 e. The fourth-order valence-corrected chi connectivity index (χ4v) is 2.83. The summed E-state index contributed by atoms with van der Waals surface area (Å²) in [4.78, 5) is 14.1. The SMILES string of the molecule is CN(CCCc1ccccc1)C(=O)C1CCC(N)C1. The number of carbonyl (C=O) groups excluding carboxylic acids is 1. The van der Waals surface area contributed by atoms with Gasteiger partial charge in [-0.1, -0.05) is 30.3 Å². The van der Waals surface area contributed by atoms with E-state index < -0.39 is 0 Å². The van der Waals surface area contributed by atoms with Gasteiger partial charge in [0.15, 0.2) is 0 Å². The molecule has 0 bridgehead atoms. The van der Waals surface area contributed by atoms with Crippen LogP contribution in [0.15, 0.2) is 30.3 Å². The van der Waals surface area contributed by atoms with E-state index in [0.29, 0.717) is 0 Å². The van der Waals surface area contributed by atoms with Gasteiger partial charge >= 0.3 is 0 Å². The lowest BCUT2D eigenvalue weighted by Gasteiger charge is -2.21. The monoisotopic (exact) mass is 260 g/mol. The van der Waals surface area contributed by atoms with Gasteiger partial charge in [-0.3, -0.25) is 4.79 Å². The Morgan fingerprint density at radius 1 is 1.32 bits per heavy atom. The van der Waals surface area contributed by atoms with E-state index in [1.54, 1.807) is 0 Å². The van der Waals surface area contributed by atoms with E-state index in [9.17, 15) is 4.79 Å². The zero-order valence-electron chi connectivity index (χ0n) is 11.7. The number of amides is 1. The lowest BCUT2D eigenvalue weighted by atomic mass is 10.1. The first-order valence-corrected chi connectivity index (χ1v) is 7.21. The Bertz CT molecular complexity index is 404. The molecule has 19 heavy (non-hydrogen) atoms. The van der Waals surface area contributed by atoms with Crippen LogP contribution in [0, 0.1) is 5.92 Å². The van der Waals surface area contributed by atoms with Gasteiger partial charge in [0.25, 0.3) is 0 Å². The molecule has 0 heterocycles. The third kappa shape index (κ3) is 4.06. The van der Waals surface area contributed by atoms with Crippen molar-refractivity contribution in [3.05, 3.63) is 35.9 Å². The first-order valence-electron chi connectivity index (χ1n) is 7.21. The minimum Gasteiger partial charge on any atom is -0.346 e. The van der Waals surface area contributed by atoms with Crippen molar-refractivity contribution in [1.29, 1.82) is 0 Å². The van der Waals surface area contributed by atoms with Crippen molar-refractivity contribution in [2.24, 2.45) is 11.7 Å². The van der Waals surface area contributed by atoms with Crippen molar-refractivity contribution in [3.8, 4) is 0 Å². The molecule has 2 unspecified atom stereocenters. The summed E-state index contributed by atoms with van der Waals surface area (Å²) < 4.78 is 0. The molecular weight excluding hydrogens is 236 g/mol. The van der Waals surface area contributed by atoms with Crippen molar-refractivity contribution in [2.75, 3.05) is 13.6 Å². The lowest BCUT2D eigenvalue weighted by molar-refractivity contribution is -0.134. The van der Waals surface area contributed by atoms with Crippen LogP contribution in [-0.2, 0) is 11.2 Å². The highest BCUT2D eigenvalue weighted by atomic mass is 16.2. The molecule has 1 aromatic carbocycles. The van der Waals surface area contributed by atoms with Gasteiger partial charge in [0.1, 0.15) is 0 Å². The van der Waals surface area contributed by atoms with Gasteiger partial charge in [-0.15, -0.1) is 0 Å². The molecule has 2 N–H and O–H groups in total. The average Bonchev–Trinajstić information content (AvgIpc) is 2.85. The standard InChI is InChI=1S/C16H24N2O/c1-18(16(19)14-9-10-15(17)12-14)11-5-8-13-6-3-2-4-7-13/h2-4,6-7,14-15H,5,8-12,17H2,1H3. The van der Waals surface area contributed by atoms with Crippen LogP contribution in [0.4, 0.5) is 0 Å². The Hall–Kier alpha value is -1.35. The summed E-state index contributed by atoms with van der Waals surface area (Å²) in [6.07, 6.45) is 4.87. The molecule has 0 aliphatic heterocycles. The molecule has 1 aliphatic carbocycles. The summed E-state index contributed by atoms with van der Waals surface area (Å²) in [7, 11) is 1.91. The Labute approximate surface area is 115 Å². The average molecular weight is 260 g/mol. The van der Waals surface area contributed by atoms with Gasteiger partial charge in [0, 0.05) is 25.6 Å². The van der Waals surface area contributed by atoms with Crippen LogP contribution in [0.3, 0.4) is 0 Å². The van der Waals surface area contributed by atoms with Gasteiger partial charge in [0.2, 0.25) is 5.91 Å². The Kier molecular flexibility index (Phi) is 4.97. The second-order valence-electron chi connectivity index (χ2n) is 5.62. The second-order valence-corrected chi connectivity index (χ2v) is 5.62. The Morgan fingerprint density at radius 2 is 2.05 bits per heavy atom. The topological polar surface area (TPSA) is 46.3 Å². The lowest BCUT2D eigenvalue weighted by Crippen LogP contribution is -2.33. The normalized spacial score (nSPS) is 22.4. The summed E-state index contributed by atoms with van der Waals surface area (Å²) in [5, 5.41) is 0. The van der Waals surface area contributed by atoms with E-state index in [1.807, 2.05) is 18.0 Å². The zero-order valence-corrected chi connectivity index (χ0v) is 11.7. The molecule has 0 aromatic heterocycles. The largest absolute Gasteiger partial charge is 0.346 e. The van der Waals surface area contributed by atoms with E-state index in [4.69, 9.17) is 5.73 Å². The third-order valence-corrected chi connectivity index (χ3v) is 4.00. The maximum Gasteiger partial charge on any atom is 0.225 e. The third-order valence-electron chi connectivity index (χ3n) is 4.00. The quantitative estimate of drug-likeness (QED) is 0.882. The zero-order chi connectivity index (χ0) is 13.7. The first-order chi connectivity index (χ1) is 9.16. The summed E-state index contributed by atoms with van der Waals surface area (Å²) in [5.74, 6) is 0.442. The second kappa shape index (κ2) is 6.71. The van der Waals surface area contributed by atoms with Gasteiger partial charge in [-0.05, 0) is 37.7 Å². The molecule has 0 saturated heterocycles. The van der Waals surface area contributed by atoms with Crippen molar-refractivity contribution in [3.63, 3.8) is 0 Å². The fraction of sp³-hybridized carbons (Fsp3) is 0.562. The van der Waals surface area contributed by atoms with E-state index in [2.05, 4.69) is 24.3 Å². The van der Waals surface area contributed by atoms with Crippen LogP contribution < -0.4 is 5.73 Å². The molecule has 1 fully saturated rings. The Balaban J connectivity index is 1.72. The van der Waals surface area contributed by atoms with Crippen LogP contribution in [0.1, 0.15) is 31.2 Å². The summed E-state index contributed by atoms with van der Waals surface area (Å²) >= 11 is 0. The summed E-state index contributed by atoms with van der Waals surface area (Å²) in [6.45, 7) is 0.833. The van der Waals surface area contributed by atoms with Crippen LogP contribution in [-0.4, -0.2) is 30.4 Å². The molecule has 2 atom stereocenters. The number of nitrogens with zero attached hydrogens (tertiary/aromatic N) is 1. The van der Waals surface area contributed by atoms with Crippen molar-refractivity contribution in [2.45, 2.75) is 38.1 Å². The number of hydrogen-bond acceptors (Lipinski definition) is 2. The molecule has 2 rings (SSSR count). The van der Waals surface area contributed by atoms with Crippen LogP contribution >= 0.6 is 0 Å². The number of benzene rings is 1. The maximum absolute atomic E-state index is 12.2. The highest BCUT2D eigenvalue weighted by molar-refractivity contribution is 5.78. The summed E-state index contributed by atoms with van der Waals surface area (Å²) in [5.41, 5.74) is 7.21. The molecule has 1 saturated carbocycles. The van der Waals surface area contributed by atoms with Crippen LogP contribution in [0.2, 0.25) is 0 Å². The molecule has 0 spiro atoms. The summed E-state index contributed by atoms with van der Waals surface area (Å²) in [6, 6.07) is 10.7. The van der Waals surface area contributed by atoms with Crippen LogP contribution in [0.25, 0.3) is 0 Å².